The highest BCUT2D eigenvalue weighted by molar-refractivity contribution is 5.74. The minimum Gasteiger partial charge on any atom is -0.469 e. The Bertz CT molecular complexity index is 1680. The van der Waals surface area contributed by atoms with Gasteiger partial charge in [0.05, 0.1) is 86.7 Å². The summed E-state index contributed by atoms with van der Waals surface area (Å²) in [6.07, 6.45) is 4.50. The van der Waals surface area contributed by atoms with Crippen molar-refractivity contribution < 1.29 is 84.3 Å². The molecular weight excluding hydrogens is 863 g/mol. The molecule has 19 atom stereocenters. The number of rotatable bonds is 3. The van der Waals surface area contributed by atoms with Crippen molar-refractivity contribution in [1.29, 1.82) is 0 Å². The van der Waals surface area contributed by atoms with Crippen molar-refractivity contribution in [2.24, 2.45) is 23.5 Å². The maximum absolute atomic E-state index is 13.1. The summed E-state index contributed by atoms with van der Waals surface area (Å²) in [6, 6.07) is -1.13. The van der Waals surface area contributed by atoms with Gasteiger partial charge in [-0.2, -0.15) is 0 Å². The van der Waals surface area contributed by atoms with Gasteiger partial charge in [-0.15, -0.1) is 0 Å². The smallest absolute Gasteiger partial charge is 0.313 e. The van der Waals surface area contributed by atoms with Gasteiger partial charge in [-0.25, -0.2) is 0 Å². The van der Waals surface area contributed by atoms with Crippen molar-refractivity contribution in [1.82, 2.24) is 0 Å². The minimum absolute atomic E-state index is 0.0949. The predicted octanol–water partition coefficient (Wildman–Crippen LogP) is 0.800. The molecule has 0 aromatic carbocycles. The van der Waals surface area contributed by atoms with Crippen molar-refractivity contribution in [2.45, 2.75) is 177 Å². The molecule has 2 saturated heterocycles. The molecule has 3 rings (SSSR count). The summed E-state index contributed by atoms with van der Waals surface area (Å²) < 4.78 is 28.4. The minimum atomic E-state index is -2.27. The molecule has 18 nitrogen and oxygen atoms in total. The van der Waals surface area contributed by atoms with Gasteiger partial charge in [0.25, 0.3) is 0 Å². The van der Waals surface area contributed by atoms with Crippen LogP contribution < -0.4 is 5.73 Å². The van der Waals surface area contributed by atoms with Crippen LogP contribution >= 0.6 is 0 Å². The summed E-state index contributed by atoms with van der Waals surface area (Å²) in [6.45, 7) is 6.78. The fourth-order valence-corrected chi connectivity index (χ4v) is 8.09. The predicted molar refractivity (Wildman–Crippen MR) is 241 cm³/mol. The largest absolute Gasteiger partial charge is 0.469 e. The van der Waals surface area contributed by atoms with E-state index in [4.69, 9.17) is 29.4 Å². The number of allylic oxidation sites excluding steroid dienone is 12. The number of carbonyl (C=O) groups is 2. The number of nitrogens with two attached hydrogens (primary N) is 1. The Hall–Kier alpha value is -3.44. The maximum atomic E-state index is 13.1. The maximum Gasteiger partial charge on any atom is 0.313 e. The van der Waals surface area contributed by atoms with Gasteiger partial charge in [0.15, 0.2) is 12.1 Å². The molecule has 18 heteroatoms. The Morgan fingerprint density at radius 2 is 1.24 bits per heavy atom. The second-order valence-electron chi connectivity index (χ2n) is 17.8. The van der Waals surface area contributed by atoms with Crippen LogP contribution in [0, 0.1) is 17.8 Å². The Kier molecular flexibility index (Phi) is 24.3. The molecular formula is C48H75NO17. The summed E-state index contributed by atoms with van der Waals surface area (Å²) in [4.78, 5) is 25.7. The SMILES string of the molecule is COC(=O)C1C(O)CC2(O)CC(O)CC(O)C(O)CCC(O)CC(O)CC(=O)OC(C)C(C)C(O)C(C)/C=C/C=C/C=C/C=C/C=C/C=C/C=C/C(OC3OC(C)C(O)C(N)C3O)CC1O2. The van der Waals surface area contributed by atoms with Crippen molar-refractivity contribution in [3.05, 3.63) is 85.1 Å². The van der Waals surface area contributed by atoms with Crippen molar-refractivity contribution in [3.8, 4) is 0 Å². The molecule has 2 bridgehead atoms. The van der Waals surface area contributed by atoms with E-state index in [0.717, 1.165) is 7.11 Å². The van der Waals surface area contributed by atoms with Crippen LogP contribution in [-0.2, 0) is 33.3 Å². The number of aliphatic hydroxyl groups is 10. The van der Waals surface area contributed by atoms with Gasteiger partial charge in [-0.05, 0) is 33.1 Å². The number of esters is 2. The summed E-state index contributed by atoms with van der Waals surface area (Å²) in [5.41, 5.74) is 6.05. The van der Waals surface area contributed by atoms with Crippen LogP contribution in [0.25, 0.3) is 0 Å². The van der Waals surface area contributed by atoms with Gasteiger partial charge in [0.2, 0.25) is 0 Å². The topological polar surface area (TPSA) is 309 Å². The van der Waals surface area contributed by atoms with Crippen molar-refractivity contribution >= 4 is 11.9 Å². The normalized spacial score (nSPS) is 44.9. The molecule has 12 N–H and O–H groups in total. The van der Waals surface area contributed by atoms with Crippen LogP contribution in [0.5, 0.6) is 0 Å². The zero-order valence-corrected chi connectivity index (χ0v) is 38.5. The molecule has 3 aliphatic heterocycles. The van der Waals surface area contributed by atoms with E-state index in [1.54, 1.807) is 75.5 Å². The Morgan fingerprint density at radius 1 is 0.667 bits per heavy atom. The fraction of sp³-hybridized carbons (Fsp3) is 0.667. The molecule has 0 aromatic heterocycles. The van der Waals surface area contributed by atoms with E-state index in [1.807, 2.05) is 37.3 Å². The zero-order chi connectivity index (χ0) is 49.1. The van der Waals surface area contributed by atoms with Crippen LogP contribution in [0.2, 0.25) is 0 Å². The number of carbonyl (C=O) groups excluding carboxylic acids is 2. The first-order chi connectivity index (χ1) is 31.2. The Morgan fingerprint density at radius 3 is 1.83 bits per heavy atom. The first-order valence-electron chi connectivity index (χ1n) is 22.7. The molecule has 0 amide bonds. The van der Waals surface area contributed by atoms with E-state index in [9.17, 15) is 60.7 Å². The van der Waals surface area contributed by atoms with Gasteiger partial charge in [0, 0.05) is 37.5 Å². The number of methoxy groups -OCH3 is 1. The number of cyclic esters (lactones) is 1. The molecule has 3 heterocycles. The summed E-state index contributed by atoms with van der Waals surface area (Å²) in [7, 11) is 1.12. The zero-order valence-electron chi connectivity index (χ0n) is 38.5. The molecule has 3 aliphatic rings. The molecule has 374 valence electrons. The van der Waals surface area contributed by atoms with Crippen molar-refractivity contribution in [3.63, 3.8) is 0 Å². The molecule has 2 fully saturated rings. The highest BCUT2D eigenvalue weighted by atomic mass is 16.7. The third-order valence-electron chi connectivity index (χ3n) is 12.2. The Labute approximate surface area is 387 Å². The average Bonchev–Trinajstić information content (AvgIpc) is 3.24. The first kappa shape index (κ1) is 56.9. The lowest BCUT2D eigenvalue weighted by Gasteiger charge is -2.45. The van der Waals surface area contributed by atoms with Crippen LogP contribution in [-0.4, -0.2) is 168 Å². The van der Waals surface area contributed by atoms with Crippen molar-refractivity contribution in [2.75, 3.05) is 7.11 Å². The van der Waals surface area contributed by atoms with E-state index in [0.29, 0.717) is 0 Å². The number of hydrogen-bond donors (Lipinski definition) is 11. The van der Waals surface area contributed by atoms with Gasteiger partial charge >= 0.3 is 11.9 Å². The number of ether oxygens (including phenoxy) is 5. The van der Waals surface area contributed by atoms with Crippen LogP contribution in [0.15, 0.2) is 85.1 Å². The molecule has 0 aromatic rings. The van der Waals surface area contributed by atoms with E-state index in [1.165, 1.54) is 0 Å². The van der Waals surface area contributed by atoms with E-state index in [2.05, 4.69) is 0 Å². The summed E-state index contributed by atoms with van der Waals surface area (Å²) in [5, 5.41) is 109. The van der Waals surface area contributed by atoms with E-state index in [-0.39, 0.29) is 31.6 Å². The number of hydrogen-bond acceptors (Lipinski definition) is 18. The molecule has 0 aliphatic carbocycles. The molecule has 19 unspecified atom stereocenters. The second kappa shape index (κ2) is 28.1. The molecule has 0 radical (unpaired) electrons. The van der Waals surface area contributed by atoms with Crippen LogP contribution in [0.3, 0.4) is 0 Å². The quantitative estimate of drug-likeness (QED) is 0.174. The lowest BCUT2D eigenvalue weighted by molar-refractivity contribution is -0.308. The highest BCUT2D eigenvalue weighted by Gasteiger charge is 2.51. The average molecular weight is 938 g/mol. The molecule has 0 saturated carbocycles. The third kappa shape index (κ3) is 18.6. The summed E-state index contributed by atoms with van der Waals surface area (Å²) in [5.74, 6) is -5.93. The monoisotopic (exact) mass is 938 g/mol. The number of aliphatic hydroxyl groups excluding tert-OH is 9. The van der Waals surface area contributed by atoms with Gasteiger partial charge in [0.1, 0.15) is 18.1 Å². The second-order valence-corrected chi connectivity index (χ2v) is 17.8. The lowest BCUT2D eigenvalue weighted by atomic mass is 9.82. The Balaban J connectivity index is 1.88. The standard InChI is InChI=1S/C48H75NO17/c1-28-18-16-14-12-10-8-6-7-9-11-13-15-17-19-35(65-47-45(59)42(49)44(58)31(4)64-47)25-39-41(46(60)62-5)38(55)27-48(61,66-39)26-34(52)23-37(54)36(53)21-20-32(50)22-33(51)24-40(56)63-30(3)29(2)43(28)57/h6-19,28-39,41-45,47,50-55,57-59,61H,20-27,49H2,1-5H3/b7-6+,10-8+,11-9+,14-12+,15-13+,18-16+,19-17+. The molecule has 0 spiro atoms. The van der Waals surface area contributed by atoms with Crippen LogP contribution in [0.1, 0.15) is 79.1 Å². The van der Waals surface area contributed by atoms with Gasteiger partial charge in [-0.3, -0.25) is 9.59 Å². The summed E-state index contributed by atoms with van der Waals surface area (Å²) >= 11 is 0. The highest BCUT2D eigenvalue weighted by Crippen LogP contribution is 2.38. The first-order valence-corrected chi connectivity index (χ1v) is 22.7. The lowest BCUT2D eigenvalue weighted by Crippen LogP contribution is -2.61. The number of fused-ring (bicyclic) bond motifs is 2. The third-order valence-corrected chi connectivity index (χ3v) is 12.2. The molecule has 66 heavy (non-hydrogen) atoms. The van der Waals surface area contributed by atoms with E-state index < -0.39 is 147 Å². The van der Waals surface area contributed by atoms with Gasteiger partial charge in [-0.1, -0.05) is 98.9 Å². The fourth-order valence-electron chi connectivity index (χ4n) is 8.09. The van der Waals surface area contributed by atoms with Gasteiger partial charge < -0.3 is 80.5 Å². The van der Waals surface area contributed by atoms with E-state index >= 15 is 0 Å². The van der Waals surface area contributed by atoms with Crippen LogP contribution in [0.4, 0.5) is 0 Å².